The molecule has 0 aliphatic carbocycles. The Labute approximate surface area is 89.5 Å². The molecule has 0 bridgehead atoms. The first-order valence-electron chi connectivity index (χ1n) is 4.24. The van der Waals surface area contributed by atoms with E-state index < -0.39 is 0 Å². The van der Waals surface area contributed by atoms with Gasteiger partial charge in [-0.25, -0.2) is 9.97 Å². The van der Waals surface area contributed by atoms with Crippen LogP contribution in [0.4, 0.5) is 5.82 Å². The molecule has 2 heterocycles. The van der Waals surface area contributed by atoms with E-state index in [9.17, 15) is 4.79 Å². The monoisotopic (exact) mass is 256 g/mol. The molecule has 1 aliphatic heterocycles. The van der Waals surface area contributed by atoms with Crippen molar-refractivity contribution >= 4 is 27.7 Å². The highest BCUT2D eigenvalue weighted by molar-refractivity contribution is 9.10. The van der Waals surface area contributed by atoms with E-state index >= 15 is 0 Å². The van der Waals surface area contributed by atoms with Gasteiger partial charge in [0.05, 0.1) is 5.69 Å². The second-order valence-electron chi connectivity index (χ2n) is 2.98. The number of aryl methyl sites for hydroxylation is 1. The van der Waals surface area contributed by atoms with Crippen LogP contribution in [0, 0.1) is 6.92 Å². The van der Waals surface area contributed by atoms with Crippen molar-refractivity contribution < 1.29 is 4.79 Å². The van der Waals surface area contributed by atoms with Crippen molar-refractivity contribution in [2.75, 3.05) is 18.4 Å². The molecule has 14 heavy (non-hydrogen) atoms. The van der Waals surface area contributed by atoms with E-state index in [1.165, 1.54) is 0 Å². The second kappa shape index (κ2) is 3.53. The average Bonchev–Trinajstić information content (AvgIpc) is 2.31. The molecule has 0 unspecified atom stereocenters. The van der Waals surface area contributed by atoms with Crippen molar-refractivity contribution in [2.45, 2.75) is 6.92 Å². The smallest absolute Gasteiger partial charge is 0.273 e. The number of nitrogens with one attached hydrogen (secondary N) is 2. The molecule has 1 aromatic heterocycles. The fraction of sp³-hybridized carbons (Fsp3) is 0.375. The highest BCUT2D eigenvalue weighted by Gasteiger charge is 2.18. The summed E-state index contributed by atoms with van der Waals surface area (Å²) in [4.78, 5) is 19.9. The molecular formula is C8H9BrN4O. The molecule has 0 saturated heterocycles. The van der Waals surface area contributed by atoms with Crippen molar-refractivity contribution in [1.82, 2.24) is 15.3 Å². The number of hydrogen-bond donors (Lipinski definition) is 2. The van der Waals surface area contributed by atoms with Gasteiger partial charge in [-0.15, -0.1) is 0 Å². The third kappa shape index (κ3) is 1.57. The van der Waals surface area contributed by atoms with Gasteiger partial charge in [0.1, 0.15) is 4.60 Å². The average molecular weight is 257 g/mol. The number of hydrogen-bond acceptors (Lipinski definition) is 4. The maximum Gasteiger partial charge on any atom is 0.273 e. The largest absolute Gasteiger partial charge is 0.366 e. The molecule has 6 heteroatoms. The van der Waals surface area contributed by atoms with Crippen LogP contribution in [0.15, 0.2) is 4.60 Å². The number of aromatic nitrogens is 2. The lowest BCUT2D eigenvalue weighted by molar-refractivity contribution is 0.0953. The molecule has 1 amide bonds. The van der Waals surface area contributed by atoms with Crippen LogP contribution in [0.3, 0.4) is 0 Å². The predicted octanol–water partition coefficient (Wildman–Crippen LogP) is 0.703. The SMILES string of the molecule is Cc1nc2c(nc1Br)C(=O)NCCN2. The first-order valence-corrected chi connectivity index (χ1v) is 5.04. The van der Waals surface area contributed by atoms with Crippen molar-refractivity contribution in [3.8, 4) is 0 Å². The second-order valence-corrected chi connectivity index (χ2v) is 3.73. The van der Waals surface area contributed by atoms with E-state index in [1.807, 2.05) is 6.92 Å². The zero-order chi connectivity index (χ0) is 10.1. The molecule has 0 aromatic carbocycles. The molecule has 0 saturated carbocycles. The Balaban J connectivity index is 2.54. The fourth-order valence-corrected chi connectivity index (χ4v) is 1.49. The lowest BCUT2D eigenvalue weighted by Crippen LogP contribution is -2.25. The molecule has 0 spiro atoms. The van der Waals surface area contributed by atoms with Gasteiger partial charge in [-0.1, -0.05) is 0 Å². The van der Waals surface area contributed by atoms with Gasteiger partial charge in [-0.05, 0) is 22.9 Å². The Morgan fingerprint density at radius 1 is 1.29 bits per heavy atom. The number of carbonyl (C=O) groups excluding carboxylic acids is 1. The number of nitrogens with zero attached hydrogens (tertiary/aromatic N) is 2. The zero-order valence-electron chi connectivity index (χ0n) is 7.59. The van der Waals surface area contributed by atoms with E-state index in [1.54, 1.807) is 0 Å². The van der Waals surface area contributed by atoms with E-state index in [-0.39, 0.29) is 5.91 Å². The Morgan fingerprint density at radius 3 is 2.79 bits per heavy atom. The third-order valence-corrected chi connectivity index (χ3v) is 2.68. The molecular weight excluding hydrogens is 248 g/mol. The van der Waals surface area contributed by atoms with Crippen LogP contribution >= 0.6 is 15.9 Å². The summed E-state index contributed by atoms with van der Waals surface area (Å²) in [5.41, 5.74) is 1.12. The quantitative estimate of drug-likeness (QED) is 0.718. The Bertz CT molecular complexity index is 393. The van der Waals surface area contributed by atoms with Crippen LogP contribution in [-0.2, 0) is 0 Å². The number of halogens is 1. The summed E-state index contributed by atoms with van der Waals surface area (Å²) in [6.07, 6.45) is 0. The van der Waals surface area contributed by atoms with Crippen molar-refractivity contribution in [2.24, 2.45) is 0 Å². The van der Waals surface area contributed by atoms with Gasteiger partial charge < -0.3 is 10.6 Å². The summed E-state index contributed by atoms with van der Waals surface area (Å²) in [6, 6.07) is 0. The summed E-state index contributed by atoms with van der Waals surface area (Å²) >= 11 is 3.25. The maximum atomic E-state index is 11.5. The van der Waals surface area contributed by atoms with Gasteiger partial charge in [0, 0.05) is 13.1 Å². The topological polar surface area (TPSA) is 66.9 Å². The molecule has 1 aromatic rings. The lowest BCUT2D eigenvalue weighted by Gasteiger charge is -2.05. The van der Waals surface area contributed by atoms with Crippen molar-refractivity contribution in [3.63, 3.8) is 0 Å². The van der Waals surface area contributed by atoms with Crippen LogP contribution in [0.25, 0.3) is 0 Å². The van der Waals surface area contributed by atoms with Gasteiger partial charge in [0.15, 0.2) is 11.5 Å². The summed E-state index contributed by atoms with van der Waals surface area (Å²) in [5.74, 6) is 0.374. The van der Waals surface area contributed by atoms with Crippen LogP contribution in [0.2, 0.25) is 0 Å². The van der Waals surface area contributed by atoms with E-state index in [0.717, 1.165) is 5.69 Å². The van der Waals surface area contributed by atoms with Crippen molar-refractivity contribution in [1.29, 1.82) is 0 Å². The number of anilines is 1. The van der Waals surface area contributed by atoms with Gasteiger partial charge >= 0.3 is 0 Å². The number of amides is 1. The Morgan fingerprint density at radius 2 is 2.00 bits per heavy atom. The van der Waals surface area contributed by atoms with Gasteiger partial charge in [0.2, 0.25) is 0 Å². The van der Waals surface area contributed by atoms with Gasteiger partial charge in [0.25, 0.3) is 5.91 Å². The minimum atomic E-state index is -0.182. The first kappa shape index (κ1) is 9.39. The number of rotatable bonds is 0. The Hall–Kier alpha value is -1.17. The highest BCUT2D eigenvalue weighted by Crippen LogP contribution is 2.18. The third-order valence-electron chi connectivity index (χ3n) is 1.93. The van der Waals surface area contributed by atoms with Gasteiger partial charge in [-0.2, -0.15) is 0 Å². The minimum absolute atomic E-state index is 0.182. The minimum Gasteiger partial charge on any atom is -0.366 e. The van der Waals surface area contributed by atoms with Crippen LogP contribution in [0.1, 0.15) is 16.2 Å². The highest BCUT2D eigenvalue weighted by atomic mass is 79.9. The molecule has 5 nitrogen and oxygen atoms in total. The molecule has 2 rings (SSSR count). The van der Waals surface area contributed by atoms with E-state index in [4.69, 9.17) is 0 Å². The summed E-state index contributed by atoms with van der Waals surface area (Å²) in [7, 11) is 0. The molecule has 0 radical (unpaired) electrons. The fourth-order valence-electron chi connectivity index (χ4n) is 1.22. The molecule has 74 valence electrons. The van der Waals surface area contributed by atoms with Crippen molar-refractivity contribution in [3.05, 3.63) is 16.0 Å². The molecule has 2 N–H and O–H groups in total. The first-order chi connectivity index (χ1) is 6.68. The van der Waals surface area contributed by atoms with Crippen LogP contribution in [-0.4, -0.2) is 29.0 Å². The number of fused-ring (bicyclic) bond motifs is 1. The van der Waals surface area contributed by atoms with Crippen LogP contribution in [0.5, 0.6) is 0 Å². The maximum absolute atomic E-state index is 11.5. The van der Waals surface area contributed by atoms with E-state index in [0.29, 0.717) is 29.2 Å². The summed E-state index contributed by atoms with van der Waals surface area (Å²) in [6.45, 7) is 3.10. The zero-order valence-corrected chi connectivity index (χ0v) is 9.18. The molecule has 0 atom stereocenters. The normalized spacial score (nSPS) is 15.1. The predicted molar refractivity (Wildman–Crippen MR) is 55.3 cm³/mol. The summed E-state index contributed by atoms with van der Waals surface area (Å²) in [5, 5.41) is 5.77. The molecule has 1 aliphatic rings. The van der Waals surface area contributed by atoms with Gasteiger partial charge in [-0.3, -0.25) is 4.79 Å². The lowest BCUT2D eigenvalue weighted by atomic mass is 10.3. The van der Waals surface area contributed by atoms with Crippen LogP contribution < -0.4 is 10.6 Å². The Kier molecular flexibility index (Phi) is 2.37. The summed E-state index contributed by atoms with van der Waals surface area (Å²) < 4.78 is 0.607. The number of carbonyl (C=O) groups is 1. The standard InChI is InChI=1S/C8H9BrN4O/c1-4-6(9)13-5-7(12-4)10-2-3-11-8(5)14/h2-3H2,1H3,(H,10,12)(H,11,14). The molecule has 0 fully saturated rings. The van der Waals surface area contributed by atoms with E-state index in [2.05, 4.69) is 36.5 Å².